The lowest BCUT2D eigenvalue weighted by atomic mass is 9.55. The van der Waals surface area contributed by atoms with Gasteiger partial charge in [-0.15, -0.1) is 0 Å². The quantitative estimate of drug-likeness (QED) is 0.685. The van der Waals surface area contributed by atoms with Crippen molar-refractivity contribution >= 4 is 20.2 Å². The normalized spacial score (nSPS) is 35.0. The van der Waals surface area contributed by atoms with Crippen LogP contribution in [0.5, 0.6) is 5.75 Å². The molecular weight excluding hydrogens is 400 g/mol. The predicted octanol–water partition coefficient (Wildman–Crippen LogP) is 3.23. The van der Waals surface area contributed by atoms with Crippen molar-refractivity contribution in [2.45, 2.75) is 57.5 Å². The van der Waals surface area contributed by atoms with Gasteiger partial charge in [0.25, 0.3) is 10.1 Å². The molecule has 5 unspecified atom stereocenters. The van der Waals surface area contributed by atoms with Gasteiger partial charge in [0.15, 0.2) is 0 Å². The summed E-state index contributed by atoms with van der Waals surface area (Å²) in [6.07, 6.45) is 7.64. The molecule has 2 saturated carbocycles. The first-order chi connectivity index (χ1) is 13.0. The van der Waals surface area contributed by atoms with E-state index in [2.05, 4.69) is 6.92 Å². The fourth-order valence-electron chi connectivity index (χ4n) is 6.11. The van der Waals surface area contributed by atoms with E-state index in [1.165, 1.54) is 11.1 Å². The van der Waals surface area contributed by atoms with Crippen LogP contribution in [0.25, 0.3) is 0 Å². The van der Waals surface area contributed by atoms with Crippen LogP contribution in [0.4, 0.5) is 0 Å². The lowest BCUT2D eigenvalue weighted by Gasteiger charge is -2.50. The van der Waals surface area contributed by atoms with Crippen molar-refractivity contribution in [2.24, 2.45) is 17.3 Å². The summed E-state index contributed by atoms with van der Waals surface area (Å²) < 4.78 is 56.8. The number of fused-ring (bicyclic) bond motifs is 5. The van der Waals surface area contributed by atoms with E-state index in [0.717, 1.165) is 51.0 Å². The highest BCUT2D eigenvalue weighted by Gasteiger charge is 2.56. The molecule has 2 fully saturated rings. The molecule has 156 valence electrons. The molecule has 0 saturated heterocycles. The maximum atomic E-state index is 11.7. The number of hydrogen-bond donors (Lipinski definition) is 0. The molecule has 1 aromatic carbocycles. The highest BCUT2D eigenvalue weighted by atomic mass is 32.2. The van der Waals surface area contributed by atoms with Crippen molar-refractivity contribution < 1.29 is 25.2 Å². The Morgan fingerprint density at radius 2 is 1.75 bits per heavy atom. The molecule has 6 nitrogen and oxygen atoms in total. The van der Waals surface area contributed by atoms with E-state index in [9.17, 15) is 16.8 Å². The Balaban J connectivity index is 1.59. The Morgan fingerprint density at radius 1 is 1.00 bits per heavy atom. The summed E-state index contributed by atoms with van der Waals surface area (Å²) in [4.78, 5) is 0. The molecular formula is C20H28O6S2. The minimum absolute atomic E-state index is 0.0961. The van der Waals surface area contributed by atoms with Crippen molar-refractivity contribution in [3.63, 3.8) is 0 Å². The summed E-state index contributed by atoms with van der Waals surface area (Å²) in [5.41, 5.74) is 2.38. The van der Waals surface area contributed by atoms with Gasteiger partial charge >= 0.3 is 10.1 Å². The lowest BCUT2D eigenvalue weighted by molar-refractivity contribution is -0.00766. The van der Waals surface area contributed by atoms with Gasteiger partial charge in [-0.2, -0.15) is 16.8 Å². The molecule has 28 heavy (non-hydrogen) atoms. The highest BCUT2D eigenvalue weighted by molar-refractivity contribution is 7.86. The Kier molecular flexibility index (Phi) is 4.83. The van der Waals surface area contributed by atoms with Crippen molar-refractivity contribution in [3.05, 3.63) is 29.3 Å². The van der Waals surface area contributed by atoms with Crippen LogP contribution in [0, 0.1) is 17.3 Å². The molecule has 0 aromatic heterocycles. The van der Waals surface area contributed by atoms with Crippen LogP contribution in [-0.4, -0.2) is 35.5 Å². The molecule has 0 spiro atoms. The van der Waals surface area contributed by atoms with Crippen LogP contribution >= 0.6 is 0 Å². The standard InChI is InChI=1S/C20H28O6S2/c1-20-11-10-16-15-7-5-14(25-27(2,21)22)12-13(15)4-6-17(16)18(20)8-9-19(20)26-28(3,23)24/h5,7,12,16-19H,4,6,8-11H2,1-3H3. The molecule has 0 amide bonds. The largest absolute Gasteiger partial charge is 0.383 e. The van der Waals surface area contributed by atoms with E-state index < -0.39 is 20.2 Å². The van der Waals surface area contributed by atoms with Gasteiger partial charge in [-0.05, 0) is 85.0 Å². The fraction of sp³-hybridized carbons (Fsp3) is 0.700. The third kappa shape index (κ3) is 3.71. The topological polar surface area (TPSA) is 86.7 Å². The molecule has 0 N–H and O–H groups in total. The van der Waals surface area contributed by atoms with Crippen molar-refractivity contribution in [3.8, 4) is 5.75 Å². The van der Waals surface area contributed by atoms with E-state index in [-0.39, 0.29) is 11.5 Å². The highest BCUT2D eigenvalue weighted by Crippen LogP contribution is 2.61. The molecule has 5 atom stereocenters. The minimum atomic E-state index is -3.53. The maximum Gasteiger partial charge on any atom is 0.306 e. The number of hydrogen-bond acceptors (Lipinski definition) is 6. The molecule has 3 aliphatic rings. The third-order valence-electron chi connectivity index (χ3n) is 7.15. The van der Waals surface area contributed by atoms with Gasteiger partial charge in [0, 0.05) is 0 Å². The Morgan fingerprint density at radius 3 is 2.43 bits per heavy atom. The van der Waals surface area contributed by atoms with E-state index in [0.29, 0.717) is 23.5 Å². The van der Waals surface area contributed by atoms with Crippen LogP contribution < -0.4 is 4.18 Å². The predicted molar refractivity (Wildman–Crippen MR) is 106 cm³/mol. The van der Waals surface area contributed by atoms with E-state index in [1.54, 1.807) is 6.07 Å². The average molecular weight is 429 g/mol. The van der Waals surface area contributed by atoms with Gasteiger partial charge in [0.05, 0.1) is 18.6 Å². The monoisotopic (exact) mass is 428 g/mol. The average Bonchev–Trinajstić information content (AvgIpc) is 2.88. The van der Waals surface area contributed by atoms with Gasteiger partial charge in [-0.3, -0.25) is 4.18 Å². The van der Waals surface area contributed by atoms with Gasteiger partial charge in [-0.1, -0.05) is 13.0 Å². The molecule has 4 rings (SSSR count). The zero-order valence-corrected chi connectivity index (χ0v) is 18.2. The molecule has 0 aliphatic heterocycles. The summed E-state index contributed by atoms with van der Waals surface area (Å²) >= 11 is 0. The molecule has 3 aliphatic carbocycles. The second-order valence-corrected chi connectivity index (χ2v) is 12.2. The molecule has 0 radical (unpaired) electrons. The fourth-order valence-corrected chi connectivity index (χ4v) is 7.30. The molecule has 8 heteroatoms. The summed E-state index contributed by atoms with van der Waals surface area (Å²) in [5, 5.41) is 0. The van der Waals surface area contributed by atoms with Gasteiger partial charge in [0.1, 0.15) is 5.75 Å². The lowest BCUT2D eigenvalue weighted by Crippen LogP contribution is -2.45. The summed E-state index contributed by atoms with van der Waals surface area (Å²) in [7, 11) is -6.99. The number of benzene rings is 1. The Labute approximate surface area is 167 Å². The zero-order chi connectivity index (χ0) is 20.3. The second kappa shape index (κ2) is 6.71. The molecule has 0 heterocycles. The Bertz CT molecular complexity index is 984. The summed E-state index contributed by atoms with van der Waals surface area (Å²) in [5.74, 6) is 1.79. The summed E-state index contributed by atoms with van der Waals surface area (Å²) in [6, 6.07) is 5.64. The van der Waals surface area contributed by atoms with Gasteiger partial charge in [-0.25, -0.2) is 0 Å². The van der Waals surface area contributed by atoms with Crippen molar-refractivity contribution in [2.75, 3.05) is 12.5 Å². The number of aryl methyl sites for hydroxylation is 1. The smallest absolute Gasteiger partial charge is 0.306 e. The van der Waals surface area contributed by atoms with Crippen LogP contribution in [-0.2, 0) is 30.8 Å². The van der Waals surface area contributed by atoms with E-state index in [1.807, 2.05) is 12.1 Å². The third-order valence-corrected chi connectivity index (χ3v) is 8.23. The number of rotatable bonds is 4. The first kappa shape index (κ1) is 20.2. The van der Waals surface area contributed by atoms with Crippen LogP contribution in [0.2, 0.25) is 0 Å². The van der Waals surface area contributed by atoms with Crippen molar-refractivity contribution in [1.29, 1.82) is 0 Å². The zero-order valence-electron chi connectivity index (χ0n) is 16.6. The second-order valence-electron chi connectivity index (χ2n) is 8.97. The molecule has 1 aromatic rings. The minimum Gasteiger partial charge on any atom is -0.383 e. The first-order valence-corrected chi connectivity index (χ1v) is 13.5. The van der Waals surface area contributed by atoms with Gasteiger partial charge < -0.3 is 4.18 Å². The summed E-state index contributed by atoms with van der Waals surface area (Å²) in [6.45, 7) is 2.20. The van der Waals surface area contributed by atoms with Crippen LogP contribution in [0.15, 0.2) is 18.2 Å². The van der Waals surface area contributed by atoms with Gasteiger partial charge in [0.2, 0.25) is 0 Å². The molecule has 0 bridgehead atoms. The first-order valence-electron chi connectivity index (χ1n) is 9.87. The maximum absolute atomic E-state index is 11.7. The van der Waals surface area contributed by atoms with E-state index in [4.69, 9.17) is 8.37 Å². The van der Waals surface area contributed by atoms with E-state index >= 15 is 0 Å². The Hall–Kier alpha value is -1.12. The SMILES string of the molecule is CC12CCC3c4ccc(OS(C)(=O)=O)cc4CCC3C1CCC2OS(C)(=O)=O. The van der Waals surface area contributed by atoms with Crippen LogP contribution in [0.1, 0.15) is 56.1 Å². The van der Waals surface area contributed by atoms with Crippen molar-refractivity contribution in [1.82, 2.24) is 0 Å². The van der Waals surface area contributed by atoms with Crippen LogP contribution in [0.3, 0.4) is 0 Å².